The van der Waals surface area contributed by atoms with E-state index in [-0.39, 0.29) is 31.1 Å². The fraction of sp³-hybridized carbons (Fsp3) is 0.889. The molecule has 0 aliphatic heterocycles. The second kappa shape index (κ2) is 58.5. The normalized spacial score (nSPS) is 12.1. The second-order valence-electron chi connectivity index (χ2n) is 21.0. The number of hydrogen-bond acceptors (Lipinski definition) is 6. The smallest absolute Gasteiger partial charge is 0.306 e. The maximum atomic E-state index is 12.8. The highest BCUT2D eigenvalue weighted by Gasteiger charge is 2.19. The molecule has 0 spiro atoms. The van der Waals surface area contributed by atoms with Gasteiger partial charge in [0.25, 0.3) is 0 Å². The van der Waals surface area contributed by atoms with Gasteiger partial charge in [0.05, 0.1) is 0 Å². The van der Waals surface area contributed by atoms with E-state index < -0.39 is 6.10 Å². The highest BCUT2D eigenvalue weighted by atomic mass is 16.6. The van der Waals surface area contributed by atoms with Crippen LogP contribution in [0.15, 0.2) is 24.3 Å². The predicted octanol–water partition coefficient (Wildman–Crippen LogP) is 20.7. The Labute approximate surface area is 430 Å². The Bertz CT molecular complexity index is 1110. The number of ether oxygens (including phenoxy) is 3. The highest BCUT2D eigenvalue weighted by Crippen LogP contribution is 2.17. The fourth-order valence-corrected chi connectivity index (χ4v) is 9.26. The molecule has 0 aromatic rings. The van der Waals surface area contributed by atoms with Crippen LogP contribution < -0.4 is 0 Å². The van der Waals surface area contributed by atoms with E-state index in [0.717, 1.165) is 64.2 Å². The summed E-state index contributed by atoms with van der Waals surface area (Å²) in [7, 11) is 0. The lowest BCUT2D eigenvalue weighted by Gasteiger charge is -2.18. The molecule has 0 bridgehead atoms. The van der Waals surface area contributed by atoms with Crippen LogP contribution in [-0.4, -0.2) is 37.2 Å². The molecule has 0 aromatic heterocycles. The van der Waals surface area contributed by atoms with Gasteiger partial charge in [-0.3, -0.25) is 14.4 Å². The molecule has 0 aliphatic carbocycles. The highest BCUT2D eigenvalue weighted by molar-refractivity contribution is 5.71. The van der Waals surface area contributed by atoms with E-state index in [2.05, 4.69) is 45.1 Å². The maximum absolute atomic E-state index is 12.8. The lowest BCUT2D eigenvalue weighted by atomic mass is 10.0. The van der Waals surface area contributed by atoms with Crippen LogP contribution in [0.25, 0.3) is 0 Å². The van der Waals surface area contributed by atoms with Crippen molar-refractivity contribution >= 4 is 17.9 Å². The minimum absolute atomic E-state index is 0.0683. The lowest BCUT2D eigenvalue weighted by molar-refractivity contribution is -0.167. The molecule has 0 rings (SSSR count). The summed E-state index contributed by atoms with van der Waals surface area (Å²) in [6.45, 7) is 6.60. The summed E-state index contributed by atoms with van der Waals surface area (Å²) in [5.74, 6) is -0.865. The zero-order valence-corrected chi connectivity index (χ0v) is 46.6. The molecule has 0 N–H and O–H groups in total. The van der Waals surface area contributed by atoms with Gasteiger partial charge in [-0.15, -0.1) is 0 Å². The molecule has 0 saturated heterocycles. The van der Waals surface area contributed by atoms with Crippen molar-refractivity contribution in [2.45, 2.75) is 348 Å². The number of esters is 3. The fourth-order valence-electron chi connectivity index (χ4n) is 9.26. The van der Waals surface area contributed by atoms with Crippen molar-refractivity contribution in [3.05, 3.63) is 24.3 Å². The van der Waals surface area contributed by atoms with Crippen LogP contribution in [0, 0.1) is 0 Å². The van der Waals surface area contributed by atoms with Gasteiger partial charge in [-0.2, -0.15) is 0 Å². The number of carbonyl (C=O) groups excluding carboxylic acids is 3. The van der Waals surface area contributed by atoms with Crippen molar-refractivity contribution in [3.8, 4) is 0 Å². The van der Waals surface area contributed by atoms with Gasteiger partial charge in [-0.1, -0.05) is 276 Å². The molecule has 1 unspecified atom stereocenters. The molecular formula is C63H118O6. The first-order chi connectivity index (χ1) is 34.0. The number of hydrogen-bond donors (Lipinski definition) is 0. The minimum Gasteiger partial charge on any atom is -0.462 e. The third-order valence-electron chi connectivity index (χ3n) is 13.9. The molecule has 0 aromatic carbocycles. The summed E-state index contributed by atoms with van der Waals surface area (Å²) < 4.78 is 16.8. The van der Waals surface area contributed by atoms with E-state index in [0.29, 0.717) is 19.3 Å². The van der Waals surface area contributed by atoms with Gasteiger partial charge < -0.3 is 14.2 Å². The van der Waals surface area contributed by atoms with Crippen LogP contribution in [0.2, 0.25) is 0 Å². The summed E-state index contributed by atoms with van der Waals surface area (Å²) >= 11 is 0. The Morgan fingerprint density at radius 1 is 0.275 bits per heavy atom. The Hall–Kier alpha value is -2.11. The summed E-state index contributed by atoms with van der Waals surface area (Å²) in [6.07, 6.45) is 69.5. The Morgan fingerprint density at radius 2 is 0.478 bits per heavy atom. The zero-order valence-electron chi connectivity index (χ0n) is 46.6. The average Bonchev–Trinajstić information content (AvgIpc) is 3.35. The largest absolute Gasteiger partial charge is 0.462 e. The number of unbranched alkanes of at least 4 members (excludes halogenated alkanes) is 42. The standard InChI is InChI=1S/C63H118O6/c1-4-7-10-13-15-17-19-21-23-25-27-28-29-30-31-32-33-34-36-37-39-41-43-45-47-50-53-56-62(65)68-59-60(58-67-61(64)55-52-49-12-9-6-3)69-63(66)57-54-51-48-46-44-42-40-38-35-26-24-22-20-18-16-14-11-8-5-2/h22,24-25,27,60H,4-21,23,26,28-59H2,1-3H3/b24-22-,27-25-. The molecule has 406 valence electrons. The Balaban J connectivity index is 3.98. The van der Waals surface area contributed by atoms with Crippen LogP contribution in [-0.2, 0) is 28.6 Å². The second-order valence-corrected chi connectivity index (χ2v) is 21.0. The maximum Gasteiger partial charge on any atom is 0.306 e. The van der Waals surface area contributed by atoms with E-state index in [4.69, 9.17) is 14.2 Å². The molecular weight excluding hydrogens is 853 g/mol. The predicted molar refractivity (Wildman–Crippen MR) is 298 cm³/mol. The summed E-state index contributed by atoms with van der Waals surface area (Å²) in [5.41, 5.74) is 0. The van der Waals surface area contributed by atoms with E-state index in [1.807, 2.05) is 0 Å². The van der Waals surface area contributed by atoms with Gasteiger partial charge >= 0.3 is 17.9 Å². The van der Waals surface area contributed by atoms with Crippen LogP contribution in [0.1, 0.15) is 342 Å². The molecule has 0 aliphatic rings. The van der Waals surface area contributed by atoms with Crippen molar-refractivity contribution in [1.29, 1.82) is 0 Å². The summed E-state index contributed by atoms with van der Waals surface area (Å²) in [5, 5.41) is 0. The monoisotopic (exact) mass is 971 g/mol. The minimum atomic E-state index is -0.766. The number of carbonyl (C=O) groups is 3. The number of allylic oxidation sites excluding steroid dienone is 4. The van der Waals surface area contributed by atoms with Crippen molar-refractivity contribution in [3.63, 3.8) is 0 Å². The molecule has 1 atom stereocenters. The van der Waals surface area contributed by atoms with E-state index in [1.54, 1.807) is 0 Å². The van der Waals surface area contributed by atoms with Gasteiger partial charge in [0.2, 0.25) is 0 Å². The SMILES string of the molecule is CCCCCCCC/C=C\CCCCCCCCCCCC(=O)OC(COC(=O)CCCCCCC)COC(=O)CCCCCCCCCCCCCCCCC/C=C\CCCCCCCCCC. The quantitative estimate of drug-likeness (QED) is 0.0261. The first-order valence-electron chi connectivity index (χ1n) is 30.8. The van der Waals surface area contributed by atoms with Gasteiger partial charge in [0.1, 0.15) is 13.2 Å². The molecule has 69 heavy (non-hydrogen) atoms. The Morgan fingerprint density at radius 3 is 0.725 bits per heavy atom. The van der Waals surface area contributed by atoms with Crippen LogP contribution in [0.3, 0.4) is 0 Å². The third-order valence-corrected chi connectivity index (χ3v) is 13.9. The summed E-state index contributed by atoms with van der Waals surface area (Å²) in [6, 6.07) is 0. The zero-order chi connectivity index (χ0) is 50.0. The van der Waals surface area contributed by atoms with E-state index in [1.165, 1.54) is 238 Å². The van der Waals surface area contributed by atoms with Crippen LogP contribution in [0.5, 0.6) is 0 Å². The Kier molecular flexibility index (Phi) is 56.7. The number of rotatable bonds is 57. The van der Waals surface area contributed by atoms with Crippen molar-refractivity contribution < 1.29 is 28.6 Å². The topological polar surface area (TPSA) is 78.9 Å². The van der Waals surface area contributed by atoms with Crippen molar-refractivity contribution in [2.24, 2.45) is 0 Å². The van der Waals surface area contributed by atoms with Gasteiger partial charge in [-0.25, -0.2) is 0 Å². The molecule has 0 amide bonds. The summed E-state index contributed by atoms with van der Waals surface area (Å²) in [4.78, 5) is 37.8. The van der Waals surface area contributed by atoms with E-state index in [9.17, 15) is 14.4 Å². The van der Waals surface area contributed by atoms with Gasteiger partial charge in [-0.05, 0) is 70.6 Å². The van der Waals surface area contributed by atoms with Gasteiger partial charge in [0, 0.05) is 19.3 Å². The molecule has 0 saturated carbocycles. The van der Waals surface area contributed by atoms with Crippen molar-refractivity contribution in [2.75, 3.05) is 13.2 Å². The van der Waals surface area contributed by atoms with Gasteiger partial charge in [0.15, 0.2) is 6.10 Å². The first kappa shape index (κ1) is 66.9. The molecule has 0 heterocycles. The van der Waals surface area contributed by atoms with Crippen LogP contribution in [0.4, 0.5) is 0 Å². The average molecular weight is 972 g/mol. The van der Waals surface area contributed by atoms with E-state index >= 15 is 0 Å². The lowest BCUT2D eigenvalue weighted by Crippen LogP contribution is -2.30. The van der Waals surface area contributed by atoms with Crippen molar-refractivity contribution in [1.82, 2.24) is 0 Å². The molecule has 6 heteroatoms. The van der Waals surface area contributed by atoms with Crippen LogP contribution >= 0.6 is 0 Å². The first-order valence-corrected chi connectivity index (χ1v) is 30.8. The third kappa shape index (κ3) is 56.7. The molecule has 0 fully saturated rings. The molecule has 6 nitrogen and oxygen atoms in total. The molecule has 0 radical (unpaired) electrons.